The number of aromatic hydroxyl groups is 2. The van der Waals surface area contributed by atoms with E-state index in [9.17, 15) is 24.9 Å². The van der Waals surface area contributed by atoms with E-state index >= 15 is 0 Å². The van der Waals surface area contributed by atoms with Gasteiger partial charge in [0, 0.05) is 12.3 Å². The summed E-state index contributed by atoms with van der Waals surface area (Å²) in [6.45, 7) is 3.18. The quantitative estimate of drug-likeness (QED) is 0.433. The minimum Gasteiger partial charge on any atom is -0.504 e. The molecule has 0 aliphatic heterocycles. The smallest absolute Gasteiger partial charge is 0.338 e. The third kappa shape index (κ3) is 4.57. The van der Waals surface area contributed by atoms with Crippen molar-refractivity contribution in [1.82, 2.24) is 0 Å². The predicted molar refractivity (Wildman–Crippen MR) is 98.5 cm³/mol. The fourth-order valence-corrected chi connectivity index (χ4v) is 2.78. The van der Waals surface area contributed by atoms with Crippen molar-refractivity contribution in [2.75, 3.05) is 0 Å². The molecule has 0 aliphatic rings. The molecule has 27 heavy (non-hydrogen) atoms. The predicted octanol–water partition coefficient (Wildman–Crippen LogP) is 2.30. The van der Waals surface area contributed by atoms with Crippen LogP contribution in [0.25, 0.3) is 0 Å². The zero-order chi connectivity index (χ0) is 20.2. The van der Waals surface area contributed by atoms with Crippen molar-refractivity contribution in [1.29, 1.82) is 0 Å². The van der Waals surface area contributed by atoms with E-state index in [2.05, 4.69) is 0 Å². The lowest BCUT2D eigenvalue weighted by molar-refractivity contribution is -0.147. The summed E-state index contributed by atoms with van der Waals surface area (Å²) < 4.78 is 5.40. The summed E-state index contributed by atoms with van der Waals surface area (Å²) in [5.74, 6) is -3.24. The summed E-state index contributed by atoms with van der Waals surface area (Å²) in [6, 6.07) is 12.4. The molecule has 0 fully saturated rings. The molecule has 0 radical (unpaired) electrons. The number of carbonyl (C=O) groups is 2. The van der Waals surface area contributed by atoms with Crippen molar-refractivity contribution < 1.29 is 29.6 Å². The molecule has 5 N–H and O–H groups in total. The van der Waals surface area contributed by atoms with Gasteiger partial charge in [0.25, 0.3) is 0 Å². The number of phenolic OH excluding ortho intramolecular Hbond substituents is 2. The minimum atomic E-state index is -1.75. The number of ether oxygens (including phenoxy) is 1. The Labute approximate surface area is 157 Å². The van der Waals surface area contributed by atoms with E-state index < -0.39 is 29.5 Å². The molecule has 3 atom stereocenters. The average Bonchev–Trinajstić information content (AvgIpc) is 2.64. The van der Waals surface area contributed by atoms with Gasteiger partial charge >= 0.3 is 11.9 Å². The number of hydrogen-bond donors (Lipinski definition) is 4. The van der Waals surface area contributed by atoms with Crippen LogP contribution in [0, 0.1) is 5.92 Å². The van der Waals surface area contributed by atoms with Crippen LogP contribution in [0.15, 0.2) is 48.5 Å². The topological polar surface area (TPSA) is 130 Å². The molecule has 0 aromatic heterocycles. The summed E-state index contributed by atoms with van der Waals surface area (Å²) in [7, 11) is 0. The Balaban J connectivity index is 2.19. The number of rotatable bonds is 7. The van der Waals surface area contributed by atoms with Crippen molar-refractivity contribution in [2.45, 2.75) is 31.9 Å². The van der Waals surface area contributed by atoms with E-state index in [1.807, 2.05) is 0 Å². The number of aliphatic carboxylic acids is 1. The van der Waals surface area contributed by atoms with E-state index in [1.54, 1.807) is 44.2 Å². The van der Waals surface area contributed by atoms with Gasteiger partial charge in [-0.15, -0.1) is 0 Å². The molecule has 7 nitrogen and oxygen atoms in total. The third-order valence-corrected chi connectivity index (χ3v) is 4.75. The van der Waals surface area contributed by atoms with Gasteiger partial charge in [0.15, 0.2) is 11.5 Å². The molecule has 0 unspecified atom stereocenters. The average molecular weight is 373 g/mol. The molecule has 0 saturated carbocycles. The number of phenols is 2. The van der Waals surface area contributed by atoms with Gasteiger partial charge in [-0.3, -0.25) is 4.79 Å². The second kappa shape index (κ2) is 8.09. The largest absolute Gasteiger partial charge is 0.504 e. The molecule has 0 amide bonds. The van der Waals surface area contributed by atoms with Crippen molar-refractivity contribution in [2.24, 2.45) is 11.7 Å². The number of carboxylic acid groups (broad SMARTS) is 1. The number of benzene rings is 2. The molecule has 7 heteroatoms. The van der Waals surface area contributed by atoms with Crippen LogP contribution in [0.4, 0.5) is 0 Å². The fraction of sp³-hybridized carbons (Fsp3) is 0.300. The molecule has 0 aliphatic carbocycles. The molecule has 2 aromatic carbocycles. The van der Waals surface area contributed by atoms with Gasteiger partial charge in [0.2, 0.25) is 0 Å². The van der Waals surface area contributed by atoms with Gasteiger partial charge in [0.05, 0.1) is 5.56 Å². The van der Waals surface area contributed by atoms with Crippen LogP contribution in [-0.4, -0.2) is 38.9 Å². The zero-order valence-corrected chi connectivity index (χ0v) is 15.1. The summed E-state index contributed by atoms with van der Waals surface area (Å²) in [5, 5.41) is 28.7. The third-order valence-electron chi connectivity index (χ3n) is 4.75. The highest BCUT2D eigenvalue weighted by molar-refractivity contribution is 5.89. The first kappa shape index (κ1) is 20.3. The summed E-state index contributed by atoms with van der Waals surface area (Å²) in [4.78, 5) is 24.1. The summed E-state index contributed by atoms with van der Waals surface area (Å²) in [5.41, 5.74) is 5.23. The van der Waals surface area contributed by atoms with Crippen LogP contribution < -0.4 is 5.73 Å². The highest BCUT2D eigenvalue weighted by Crippen LogP contribution is 2.30. The normalized spacial score (nSPS) is 15.4. The second-order valence-corrected chi connectivity index (χ2v) is 6.61. The molecule has 2 aromatic rings. The number of nitrogens with two attached hydrogens (primary N) is 1. The lowest BCUT2D eigenvalue weighted by Gasteiger charge is -2.35. The molecule has 0 bridgehead atoms. The fourth-order valence-electron chi connectivity index (χ4n) is 2.78. The van der Waals surface area contributed by atoms with E-state index in [0.29, 0.717) is 11.1 Å². The maximum atomic E-state index is 12.2. The lowest BCUT2D eigenvalue weighted by atomic mass is 9.78. The first-order valence-corrected chi connectivity index (χ1v) is 8.44. The first-order chi connectivity index (χ1) is 12.6. The minimum absolute atomic E-state index is 0.120. The van der Waals surface area contributed by atoms with E-state index in [0.717, 1.165) is 0 Å². The number of carbonyl (C=O) groups excluding carboxylic acids is 1. The summed E-state index contributed by atoms with van der Waals surface area (Å²) >= 11 is 0. The van der Waals surface area contributed by atoms with E-state index in [-0.39, 0.29) is 17.9 Å². The van der Waals surface area contributed by atoms with Crippen molar-refractivity contribution in [3.63, 3.8) is 0 Å². The van der Waals surface area contributed by atoms with Crippen LogP contribution in [0.3, 0.4) is 0 Å². The molecule has 0 heterocycles. The van der Waals surface area contributed by atoms with Crippen LogP contribution in [0.2, 0.25) is 0 Å². The van der Waals surface area contributed by atoms with Gasteiger partial charge in [-0.05, 0) is 36.8 Å². The maximum absolute atomic E-state index is 12.2. The van der Waals surface area contributed by atoms with E-state index in [4.69, 9.17) is 10.5 Å². The van der Waals surface area contributed by atoms with Crippen LogP contribution >= 0.6 is 0 Å². The first-order valence-electron chi connectivity index (χ1n) is 8.44. The molecular formula is C20H23NO6. The zero-order valence-electron chi connectivity index (χ0n) is 15.1. The SMILES string of the molecule is C[C@H]([C@@H](C)OC(=O)c1ccccc1)[C@](N)(Cc1ccc(O)c(O)c1)C(=O)O. The molecule has 0 spiro atoms. The van der Waals surface area contributed by atoms with Gasteiger partial charge in [0.1, 0.15) is 11.6 Å². The molecule has 2 rings (SSSR count). The van der Waals surface area contributed by atoms with Crippen LogP contribution in [0.5, 0.6) is 11.5 Å². The lowest BCUT2D eigenvalue weighted by Crippen LogP contribution is -2.58. The van der Waals surface area contributed by atoms with Gasteiger partial charge in [-0.1, -0.05) is 31.2 Å². The van der Waals surface area contributed by atoms with Crippen molar-refractivity contribution >= 4 is 11.9 Å². The Morgan fingerprint density at radius 2 is 1.70 bits per heavy atom. The molecule has 0 saturated heterocycles. The highest BCUT2D eigenvalue weighted by Gasteiger charge is 2.43. The van der Waals surface area contributed by atoms with Crippen molar-refractivity contribution in [3.05, 3.63) is 59.7 Å². The standard InChI is InChI=1S/C20H23NO6/c1-12(13(2)27-18(24)15-6-4-3-5-7-15)20(21,19(25)26)11-14-8-9-16(22)17(23)10-14/h3-10,12-13,22-23H,11,21H2,1-2H3,(H,25,26)/t12-,13-,20-/m1/s1. The Bertz CT molecular complexity index is 822. The number of esters is 1. The molecule has 144 valence electrons. The Hall–Kier alpha value is -3.06. The van der Waals surface area contributed by atoms with Crippen molar-refractivity contribution in [3.8, 4) is 11.5 Å². The second-order valence-electron chi connectivity index (χ2n) is 6.61. The highest BCUT2D eigenvalue weighted by atomic mass is 16.5. The Kier molecular flexibility index (Phi) is 6.07. The summed E-state index contributed by atoms with van der Waals surface area (Å²) in [6.07, 6.45) is -0.894. The Morgan fingerprint density at radius 1 is 1.07 bits per heavy atom. The Morgan fingerprint density at radius 3 is 2.26 bits per heavy atom. The van der Waals surface area contributed by atoms with E-state index in [1.165, 1.54) is 18.2 Å². The van der Waals surface area contributed by atoms with Crippen LogP contribution in [0.1, 0.15) is 29.8 Å². The number of hydrogen-bond acceptors (Lipinski definition) is 6. The van der Waals surface area contributed by atoms with Gasteiger partial charge in [-0.2, -0.15) is 0 Å². The monoisotopic (exact) mass is 373 g/mol. The molecular weight excluding hydrogens is 350 g/mol. The van der Waals surface area contributed by atoms with Crippen LogP contribution in [-0.2, 0) is 16.0 Å². The maximum Gasteiger partial charge on any atom is 0.338 e. The van der Waals surface area contributed by atoms with Gasteiger partial charge in [-0.25, -0.2) is 4.79 Å². The van der Waals surface area contributed by atoms with Gasteiger partial charge < -0.3 is 25.8 Å². The number of carboxylic acids is 1.